The third-order valence-corrected chi connectivity index (χ3v) is 5.73. The number of nitrogens with two attached hydrogens (primary N) is 1. The quantitative estimate of drug-likeness (QED) is 0.475. The van der Waals surface area contributed by atoms with Crippen molar-refractivity contribution in [2.45, 2.75) is 6.92 Å². The van der Waals surface area contributed by atoms with E-state index >= 15 is 0 Å². The van der Waals surface area contributed by atoms with Gasteiger partial charge in [-0.2, -0.15) is 0 Å². The van der Waals surface area contributed by atoms with E-state index in [9.17, 15) is 4.79 Å². The first kappa shape index (κ1) is 19.9. The van der Waals surface area contributed by atoms with Gasteiger partial charge in [0, 0.05) is 24.5 Å². The predicted octanol–water partition coefficient (Wildman–Crippen LogP) is 2.25. The van der Waals surface area contributed by atoms with E-state index in [0.29, 0.717) is 39.7 Å². The first-order chi connectivity index (χ1) is 14.5. The van der Waals surface area contributed by atoms with Crippen molar-refractivity contribution < 1.29 is 14.4 Å². The molecule has 1 amide bonds. The molecule has 10 heteroatoms. The standard InChI is InChI=1S/C20H22N6O3S/c1-4-22-18(27)15-10-12-17(23-20(21)24-19(12)30-15)16(25-28-3)11-5-6-13-14(9-11)29-8-7-26(13)2/h5-6,9-10H,4,7-8H2,1-3H3,(H,22,27)(H2,21,23,24)/b25-16+. The summed E-state index contributed by atoms with van der Waals surface area (Å²) in [5.74, 6) is 0.691. The molecule has 0 radical (unpaired) electrons. The minimum Gasteiger partial charge on any atom is -0.490 e. The molecule has 0 unspecified atom stereocenters. The number of hydrogen-bond donors (Lipinski definition) is 2. The van der Waals surface area contributed by atoms with Crippen molar-refractivity contribution in [1.82, 2.24) is 15.3 Å². The predicted molar refractivity (Wildman–Crippen MR) is 118 cm³/mol. The molecule has 0 atom stereocenters. The molecule has 0 fully saturated rings. The molecule has 1 aliphatic rings. The number of rotatable bonds is 5. The molecule has 30 heavy (non-hydrogen) atoms. The number of carbonyl (C=O) groups excluding carboxylic acids is 1. The van der Waals surface area contributed by atoms with Crippen LogP contribution in [0.15, 0.2) is 29.4 Å². The second-order valence-electron chi connectivity index (χ2n) is 6.69. The molecule has 3 N–H and O–H groups in total. The number of aromatic nitrogens is 2. The summed E-state index contributed by atoms with van der Waals surface area (Å²) < 4.78 is 5.83. The van der Waals surface area contributed by atoms with Gasteiger partial charge in [0.15, 0.2) is 0 Å². The average molecular weight is 427 g/mol. The summed E-state index contributed by atoms with van der Waals surface area (Å²) in [4.78, 5) is 29.4. The normalized spacial score (nSPS) is 13.7. The third kappa shape index (κ3) is 3.61. The summed E-state index contributed by atoms with van der Waals surface area (Å²) in [6, 6.07) is 7.57. The Labute approximate surface area is 177 Å². The van der Waals surface area contributed by atoms with E-state index in [-0.39, 0.29) is 11.9 Å². The highest BCUT2D eigenvalue weighted by Gasteiger charge is 2.22. The highest BCUT2D eigenvalue weighted by molar-refractivity contribution is 7.20. The number of likely N-dealkylation sites (N-methyl/N-ethyl adjacent to an activating group) is 1. The van der Waals surface area contributed by atoms with E-state index in [1.165, 1.54) is 18.4 Å². The number of thiophene rings is 1. The molecule has 0 spiro atoms. The maximum absolute atomic E-state index is 12.3. The molecule has 3 aromatic rings. The van der Waals surface area contributed by atoms with E-state index in [1.807, 2.05) is 32.2 Å². The molecule has 4 rings (SSSR count). The zero-order valence-corrected chi connectivity index (χ0v) is 17.7. The maximum Gasteiger partial charge on any atom is 0.261 e. The molecule has 1 aliphatic heterocycles. The van der Waals surface area contributed by atoms with Crippen LogP contribution in [0.5, 0.6) is 5.75 Å². The number of hydrogen-bond acceptors (Lipinski definition) is 9. The van der Waals surface area contributed by atoms with Gasteiger partial charge in [0.1, 0.15) is 35.7 Å². The van der Waals surface area contributed by atoms with Gasteiger partial charge in [-0.25, -0.2) is 9.97 Å². The van der Waals surface area contributed by atoms with Crippen LogP contribution in [0.1, 0.15) is 27.9 Å². The molecular formula is C20H22N6O3S. The van der Waals surface area contributed by atoms with Gasteiger partial charge in [0.05, 0.1) is 17.1 Å². The number of anilines is 2. The SMILES string of the molecule is CCNC(=O)c1cc2c(/C(=N/OC)c3ccc4c(c3)OCCN4C)nc(N)nc2s1. The van der Waals surface area contributed by atoms with Gasteiger partial charge in [-0.15, -0.1) is 11.3 Å². The molecule has 0 bridgehead atoms. The Balaban J connectivity index is 1.85. The number of carbonyl (C=O) groups is 1. The van der Waals surface area contributed by atoms with Crippen molar-refractivity contribution in [3.8, 4) is 5.75 Å². The molecule has 9 nitrogen and oxygen atoms in total. The van der Waals surface area contributed by atoms with E-state index < -0.39 is 0 Å². The van der Waals surface area contributed by atoms with Crippen LogP contribution in [0.3, 0.4) is 0 Å². The number of nitrogens with zero attached hydrogens (tertiary/aromatic N) is 4. The Hall–Kier alpha value is -3.40. The van der Waals surface area contributed by atoms with Gasteiger partial charge in [0.2, 0.25) is 5.95 Å². The molecule has 0 saturated carbocycles. The van der Waals surface area contributed by atoms with Crippen LogP contribution >= 0.6 is 11.3 Å². The first-order valence-electron chi connectivity index (χ1n) is 9.47. The molecular weight excluding hydrogens is 404 g/mol. The lowest BCUT2D eigenvalue weighted by Gasteiger charge is -2.28. The Morgan fingerprint density at radius 2 is 2.23 bits per heavy atom. The second kappa shape index (κ2) is 8.15. The molecule has 1 aromatic carbocycles. The molecule has 0 saturated heterocycles. The fourth-order valence-corrected chi connectivity index (χ4v) is 4.26. The van der Waals surface area contributed by atoms with E-state index in [1.54, 1.807) is 6.07 Å². The number of oxime groups is 1. The fourth-order valence-electron chi connectivity index (χ4n) is 3.31. The number of nitrogens with one attached hydrogen (secondary N) is 1. The van der Waals surface area contributed by atoms with Crippen LogP contribution in [-0.4, -0.2) is 55.4 Å². The Morgan fingerprint density at radius 3 is 3.00 bits per heavy atom. The molecule has 2 aromatic heterocycles. The summed E-state index contributed by atoms with van der Waals surface area (Å²) in [6.45, 7) is 3.84. The van der Waals surface area contributed by atoms with Crippen LogP contribution in [0.25, 0.3) is 10.2 Å². The minimum atomic E-state index is -0.166. The Bertz CT molecular complexity index is 1140. The smallest absolute Gasteiger partial charge is 0.261 e. The number of benzene rings is 1. The third-order valence-electron chi connectivity index (χ3n) is 4.71. The zero-order chi connectivity index (χ0) is 21.3. The maximum atomic E-state index is 12.3. The van der Waals surface area contributed by atoms with Crippen molar-refractivity contribution in [2.24, 2.45) is 5.16 Å². The van der Waals surface area contributed by atoms with Crippen molar-refractivity contribution in [3.05, 3.63) is 40.4 Å². The van der Waals surface area contributed by atoms with Gasteiger partial charge >= 0.3 is 0 Å². The average Bonchev–Trinajstić information content (AvgIpc) is 3.16. The number of nitrogen functional groups attached to an aromatic ring is 1. The summed E-state index contributed by atoms with van der Waals surface area (Å²) in [5.41, 5.74) is 8.71. The summed E-state index contributed by atoms with van der Waals surface area (Å²) in [6.07, 6.45) is 0. The molecule has 0 aliphatic carbocycles. The Kier molecular flexibility index (Phi) is 5.40. The summed E-state index contributed by atoms with van der Waals surface area (Å²) >= 11 is 1.26. The van der Waals surface area contributed by atoms with Crippen molar-refractivity contribution >= 4 is 44.8 Å². The molecule has 156 valence electrons. The summed E-state index contributed by atoms with van der Waals surface area (Å²) in [7, 11) is 3.49. The lowest BCUT2D eigenvalue weighted by molar-refractivity contribution is 0.0960. The van der Waals surface area contributed by atoms with Gasteiger partial charge in [-0.1, -0.05) is 11.2 Å². The highest BCUT2D eigenvalue weighted by atomic mass is 32.1. The Morgan fingerprint density at radius 1 is 1.40 bits per heavy atom. The van der Waals surface area contributed by atoms with Crippen LogP contribution in [-0.2, 0) is 4.84 Å². The largest absolute Gasteiger partial charge is 0.490 e. The fraction of sp³-hybridized carbons (Fsp3) is 0.300. The van der Waals surface area contributed by atoms with Gasteiger partial charge in [0.25, 0.3) is 5.91 Å². The van der Waals surface area contributed by atoms with E-state index in [0.717, 1.165) is 23.5 Å². The topological polar surface area (TPSA) is 115 Å². The second-order valence-corrected chi connectivity index (χ2v) is 7.72. The van der Waals surface area contributed by atoms with Crippen LogP contribution < -0.4 is 20.7 Å². The summed E-state index contributed by atoms with van der Waals surface area (Å²) in [5, 5.41) is 7.70. The van der Waals surface area contributed by atoms with Crippen molar-refractivity contribution in [1.29, 1.82) is 0 Å². The van der Waals surface area contributed by atoms with Crippen molar-refractivity contribution in [2.75, 3.05) is 44.5 Å². The van der Waals surface area contributed by atoms with Gasteiger partial charge in [-0.3, -0.25) is 4.79 Å². The zero-order valence-electron chi connectivity index (χ0n) is 16.9. The minimum absolute atomic E-state index is 0.0968. The highest BCUT2D eigenvalue weighted by Crippen LogP contribution is 2.34. The number of fused-ring (bicyclic) bond motifs is 2. The lowest BCUT2D eigenvalue weighted by Crippen LogP contribution is -2.28. The van der Waals surface area contributed by atoms with Crippen molar-refractivity contribution in [3.63, 3.8) is 0 Å². The van der Waals surface area contributed by atoms with Crippen LogP contribution in [0.2, 0.25) is 0 Å². The van der Waals surface area contributed by atoms with Gasteiger partial charge < -0.3 is 25.5 Å². The lowest BCUT2D eigenvalue weighted by atomic mass is 10.0. The van der Waals surface area contributed by atoms with Crippen LogP contribution in [0, 0.1) is 0 Å². The van der Waals surface area contributed by atoms with E-state index in [2.05, 4.69) is 25.3 Å². The van der Waals surface area contributed by atoms with Gasteiger partial charge in [-0.05, 0) is 25.1 Å². The number of amides is 1. The first-order valence-corrected chi connectivity index (χ1v) is 10.3. The number of ether oxygens (including phenoxy) is 1. The van der Waals surface area contributed by atoms with E-state index in [4.69, 9.17) is 15.3 Å². The monoisotopic (exact) mass is 426 g/mol. The van der Waals surface area contributed by atoms with Crippen LogP contribution in [0.4, 0.5) is 11.6 Å². The molecule has 3 heterocycles.